The number of benzene rings is 1. The molecule has 3 rings (SSSR count). The van der Waals surface area contributed by atoms with Crippen LogP contribution in [0.4, 0.5) is 0 Å². The Morgan fingerprint density at radius 1 is 1.30 bits per heavy atom. The van der Waals surface area contributed by atoms with Crippen molar-refractivity contribution in [2.75, 3.05) is 13.7 Å². The summed E-state index contributed by atoms with van der Waals surface area (Å²) < 4.78 is 10.9. The number of rotatable bonds is 8. The number of nitrogens with one attached hydrogen (secondary N) is 2. The molecule has 0 unspecified atom stereocenters. The second kappa shape index (κ2) is 9.01. The smallest absolute Gasteiger partial charge is 0.223 e. The lowest BCUT2D eigenvalue weighted by Gasteiger charge is -2.31. The van der Waals surface area contributed by atoms with Crippen LogP contribution in [-0.2, 0) is 20.9 Å². The minimum Gasteiger partial charge on any atom is -0.497 e. The molecule has 1 aliphatic heterocycles. The maximum atomic E-state index is 12.2. The highest BCUT2D eigenvalue weighted by atomic mass is 16.5. The summed E-state index contributed by atoms with van der Waals surface area (Å²) in [7, 11) is 1.60. The van der Waals surface area contributed by atoms with E-state index in [0.29, 0.717) is 6.54 Å². The molecule has 7 heteroatoms. The molecule has 7 nitrogen and oxygen atoms in total. The fraction of sp³-hybridized carbons (Fsp3) is 0.500. The van der Waals surface area contributed by atoms with E-state index in [9.17, 15) is 14.7 Å². The van der Waals surface area contributed by atoms with E-state index in [-0.39, 0.29) is 36.8 Å². The second-order valence-corrected chi connectivity index (χ2v) is 6.92. The van der Waals surface area contributed by atoms with Crippen molar-refractivity contribution in [1.29, 1.82) is 0 Å². The Balaban J connectivity index is 1.48. The highest BCUT2D eigenvalue weighted by molar-refractivity contribution is 5.81. The second-order valence-electron chi connectivity index (χ2n) is 6.92. The predicted octanol–water partition coefficient (Wildman–Crippen LogP) is 0.912. The first-order valence-corrected chi connectivity index (χ1v) is 9.23. The van der Waals surface area contributed by atoms with Crippen LogP contribution in [0.5, 0.6) is 5.75 Å². The summed E-state index contributed by atoms with van der Waals surface area (Å²) in [5, 5.41) is 15.3. The Hall–Kier alpha value is -2.38. The Kier molecular flexibility index (Phi) is 6.47. The average Bonchev–Trinajstić information content (AvgIpc) is 3.53. The first kappa shape index (κ1) is 19.4. The molecule has 1 aromatic carbocycles. The minimum absolute atomic E-state index is 0.00109. The number of aliphatic hydroxyl groups is 1. The third-order valence-corrected chi connectivity index (χ3v) is 4.73. The van der Waals surface area contributed by atoms with Gasteiger partial charge in [0.1, 0.15) is 11.9 Å². The number of carbonyl (C=O) groups excluding carboxylic acids is 2. The summed E-state index contributed by atoms with van der Waals surface area (Å²) in [5.41, 5.74) is 0.943. The molecule has 2 aliphatic rings. The van der Waals surface area contributed by atoms with Crippen molar-refractivity contribution in [3.05, 3.63) is 42.0 Å². The van der Waals surface area contributed by atoms with Gasteiger partial charge in [-0.25, -0.2) is 0 Å². The van der Waals surface area contributed by atoms with E-state index in [1.165, 1.54) is 0 Å². The van der Waals surface area contributed by atoms with E-state index in [1.807, 2.05) is 30.3 Å². The molecule has 27 heavy (non-hydrogen) atoms. The normalized spacial score (nSPS) is 24.3. The predicted molar refractivity (Wildman–Crippen MR) is 99.0 cm³/mol. The van der Waals surface area contributed by atoms with Gasteiger partial charge in [-0.2, -0.15) is 0 Å². The summed E-state index contributed by atoms with van der Waals surface area (Å²) in [6, 6.07) is 7.13. The van der Waals surface area contributed by atoms with Gasteiger partial charge in [-0.05, 0) is 30.5 Å². The lowest BCUT2D eigenvalue weighted by Crippen LogP contribution is -2.49. The molecule has 0 bridgehead atoms. The van der Waals surface area contributed by atoms with Gasteiger partial charge in [-0.1, -0.05) is 24.3 Å². The van der Waals surface area contributed by atoms with Crippen LogP contribution < -0.4 is 15.4 Å². The van der Waals surface area contributed by atoms with Gasteiger partial charge in [0.15, 0.2) is 0 Å². The van der Waals surface area contributed by atoms with Crippen molar-refractivity contribution in [1.82, 2.24) is 10.6 Å². The van der Waals surface area contributed by atoms with E-state index in [0.717, 1.165) is 24.2 Å². The van der Waals surface area contributed by atoms with Gasteiger partial charge in [0.25, 0.3) is 0 Å². The molecule has 0 spiro atoms. The van der Waals surface area contributed by atoms with E-state index < -0.39 is 12.2 Å². The number of carbonyl (C=O) groups is 2. The maximum Gasteiger partial charge on any atom is 0.223 e. The maximum absolute atomic E-state index is 12.2. The zero-order valence-corrected chi connectivity index (χ0v) is 15.4. The Morgan fingerprint density at radius 3 is 2.81 bits per heavy atom. The zero-order chi connectivity index (χ0) is 19.2. The summed E-state index contributed by atoms with van der Waals surface area (Å²) in [4.78, 5) is 24.1. The van der Waals surface area contributed by atoms with Crippen LogP contribution >= 0.6 is 0 Å². The molecule has 0 aromatic heterocycles. The van der Waals surface area contributed by atoms with Crippen molar-refractivity contribution in [2.24, 2.45) is 5.92 Å². The van der Waals surface area contributed by atoms with E-state index in [2.05, 4.69) is 10.6 Å². The summed E-state index contributed by atoms with van der Waals surface area (Å²) in [6.07, 6.45) is 4.60. The summed E-state index contributed by atoms with van der Waals surface area (Å²) in [6.45, 7) is 0.178. The fourth-order valence-electron chi connectivity index (χ4n) is 3.00. The summed E-state index contributed by atoms with van der Waals surface area (Å²) >= 11 is 0. The molecular formula is C20H26N2O5. The van der Waals surface area contributed by atoms with Crippen LogP contribution in [0, 0.1) is 5.92 Å². The molecule has 2 amide bonds. The monoisotopic (exact) mass is 374 g/mol. The van der Waals surface area contributed by atoms with Gasteiger partial charge in [0, 0.05) is 12.5 Å². The van der Waals surface area contributed by atoms with Crippen molar-refractivity contribution < 1.29 is 24.2 Å². The molecular weight excluding hydrogens is 348 g/mol. The molecule has 3 N–H and O–H groups in total. The molecule has 3 atom stereocenters. The average molecular weight is 374 g/mol. The Bertz CT molecular complexity index is 701. The molecule has 1 saturated carbocycles. The number of aliphatic hydroxyl groups excluding tert-OH is 1. The number of hydrogen-bond acceptors (Lipinski definition) is 5. The van der Waals surface area contributed by atoms with Gasteiger partial charge < -0.3 is 25.2 Å². The molecule has 1 aliphatic carbocycles. The van der Waals surface area contributed by atoms with E-state index in [4.69, 9.17) is 9.47 Å². The van der Waals surface area contributed by atoms with E-state index >= 15 is 0 Å². The van der Waals surface area contributed by atoms with Crippen LogP contribution in [0.2, 0.25) is 0 Å². The molecule has 0 saturated heterocycles. The van der Waals surface area contributed by atoms with Gasteiger partial charge in [0.05, 0.1) is 32.3 Å². The van der Waals surface area contributed by atoms with Crippen molar-refractivity contribution in [2.45, 2.75) is 44.1 Å². The Labute approximate surface area is 158 Å². The number of methoxy groups -OCH3 is 1. The summed E-state index contributed by atoms with van der Waals surface area (Å²) in [5.74, 6) is 0.689. The SMILES string of the molecule is COc1cccc(CNC(=O)C[C@H]2C=C[C@H](NC(=O)C3CC3)[C@H](CO)O2)c1. The molecule has 1 heterocycles. The van der Waals surface area contributed by atoms with Crippen LogP contribution in [0.15, 0.2) is 36.4 Å². The van der Waals surface area contributed by atoms with Crippen LogP contribution in [0.3, 0.4) is 0 Å². The van der Waals surface area contributed by atoms with E-state index in [1.54, 1.807) is 13.2 Å². The minimum atomic E-state index is -0.547. The largest absolute Gasteiger partial charge is 0.497 e. The molecule has 1 aromatic rings. The zero-order valence-electron chi connectivity index (χ0n) is 15.4. The fourth-order valence-corrected chi connectivity index (χ4v) is 3.00. The highest BCUT2D eigenvalue weighted by Gasteiger charge is 2.34. The third kappa shape index (κ3) is 5.55. The number of amides is 2. The molecule has 0 radical (unpaired) electrons. The number of ether oxygens (including phenoxy) is 2. The molecule has 146 valence electrons. The lowest BCUT2D eigenvalue weighted by atomic mass is 10.0. The standard InChI is InChI=1S/C20H26N2O5/c1-26-15-4-2-3-13(9-15)11-21-19(24)10-16-7-8-17(18(12-23)27-16)22-20(25)14-5-6-14/h2-4,7-9,14,16-18,23H,5-6,10-12H2,1H3,(H,21,24)(H,22,25)/t16-,17+,18+/m1/s1. The Morgan fingerprint density at radius 2 is 2.11 bits per heavy atom. The van der Waals surface area contributed by atoms with Gasteiger partial charge >= 0.3 is 0 Å². The highest BCUT2D eigenvalue weighted by Crippen LogP contribution is 2.29. The van der Waals surface area contributed by atoms with Crippen LogP contribution in [-0.4, -0.2) is 48.9 Å². The quantitative estimate of drug-likeness (QED) is 0.588. The molecule has 1 fully saturated rings. The van der Waals surface area contributed by atoms with Gasteiger partial charge in [-0.15, -0.1) is 0 Å². The van der Waals surface area contributed by atoms with Crippen molar-refractivity contribution in [3.63, 3.8) is 0 Å². The van der Waals surface area contributed by atoms with Crippen molar-refractivity contribution >= 4 is 11.8 Å². The van der Waals surface area contributed by atoms with Crippen LogP contribution in [0.25, 0.3) is 0 Å². The van der Waals surface area contributed by atoms with Crippen molar-refractivity contribution in [3.8, 4) is 5.75 Å². The third-order valence-electron chi connectivity index (χ3n) is 4.73. The topological polar surface area (TPSA) is 96.9 Å². The first-order chi connectivity index (χ1) is 13.1. The number of hydrogen-bond donors (Lipinski definition) is 3. The first-order valence-electron chi connectivity index (χ1n) is 9.23. The van der Waals surface area contributed by atoms with Gasteiger partial charge in [0.2, 0.25) is 11.8 Å². The lowest BCUT2D eigenvalue weighted by molar-refractivity contribution is -0.128. The van der Waals surface area contributed by atoms with Crippen LogP contribution in [0.1, 0.15) is 24.8 Å². The van der Waals surface area contributed by atoms with Gasteiger partial charge in [-0.3, -0.25) is 9.59 Å².